The molecule has 0 unspecified atom stereocenters. The van der Waals surface area contributed by atoms with E-state index in [1.807, 2.05) is 12.1 Å². The summed E-state index contributed by atoms with van der Waals surface area (Å²) in [6, 6.07) is 3.91. The fourth-order valence-electron chi connectivity index (χ4n) is 2.13. The molecule has 3 heteroatoms. The summed E-state index contributed by atoms with van der Waals surface area (Å²) < 4.78 is 5.88. The summed E-state index contributed by atoms with van der Waals surface area (Å²) >= 11 is 0. The molecule has 0 bridgehead atoms. The zero-order valence-electron chi connectivity index (χ0n) is 9.69. The minimum Gasteiger partial charge on any atom is -0.474 e. The smallest absolute Gasteiger partial charge is 0.213 e. The number of nitrogens with two attached hydrogens (primary N) is 1. The largest absolute Gasteiger partial charge is 0.474 e. The molecule has 1 heterocycles. The molecule has 1 saturated carbocycles. The van der Waals surface area contributed by atoms with Gasteiger partial charge in [-0.25, -0.2) is 4.98 Å². The highest BCUT2D eigenvalue weighted by atomic mass is 16.5. The first-order valence-corrected chi connectivity index (χ1v) is 6.20. The predicted molar refractivity (Wildman–Crippen MR) is 64.2 cm³/mol. The first kappa shape index (κ1) is 11.4. The first-order chi connectivity index (χ1) is 7.88. The second-order valence-electron chi connectivity index (χ2n) is 4.44. The Morgan fingerprint density at radius 2 is 1.94 bits per heavy atom. The van der Waals surface area contributed by atoms with E-state index in [9.17, 15) is 0 Å². The third-order valence-electron chi connectivity index (χ3n) is 3.12. The van der Waals surface area contributed by atoms with E-state index in [1.54, 1.807) is 6.20 Å². The van der Waals surface area contributed by atoms with Gasteiger partial charge in [-0.1, -0.05) is 18.9 Å². The number of ether oxygens (including phenoxy) is 1. The van der Waals surface area contributed by atoms with Gasteiger partial charge in [-0.05, 0) is 31.2 Å². The van der Waals surface area contributed by atoms with Crippen molar-refractivity contribution < 1.29 is 4.74 Å². The van der Waals surface area contributed by atoms with Crippen LogP contribution >= 0.6 is 0 Å². The average Bonchev–Trinajstić information content (AvgIpc) is 2.59. The minimum absolute atomic E-state index is 0.360. The molecule has 1 fully saturated rings. The molecule has 1 aliphatic carbocycles. The van der Waals surface area contributed by atoms with Gasteiger partial charge in [-0.15, -0.1) is 0 Å². The first-order valence-electron chi connectivity index (χ1n) is 6.20. The molecule has 3 nitrogen and oxygen atoms in total. The number of hydrogen-bond donors (Lipinski definition) is 1. The molecule has 0 radical (unpaired) electrons. The zero-order valence-corrected chi connectivity index (χ0v) is 9.69. The summed E-state index contributed by atoms with van der Waals surface area (Å²) in [6.45, 7) is 0.538. The lowest BCUT2D eigenvalue weighted by Gasteiger charge is -2.15. The van der Waals surface area contributed by atoms with Crippen molar-refractivity contribution >= 4 is 0 Å². The van der Waals surface area contributed by atoms with Crippen LogP contribution in [-0.2, 0) is 6.54 Å². The van der Waals surface area contributed by atoms with E-state index in [1.165, 1.54) is 38.5 Å². The molecule has 1 aliphatic rings. The maximum atomic E-state index is 5.88. The highest BCUT2D eigenvalue weighted by molar-refractivity contribution is 5.17. The molecule has 16 heavy (non-hydrogen) atoms. The molecule has 2 N–H and O–H groups in total. The Labute approximate surface area is 97.0 Å². The van der Waals surface area contributed by atoms with Crippen LogP contribution in [0, 0.1) is 0 Å². The van der Waals surface area contributed by atoms with E-state index in [-0.39, 0.29) is 0 Å². The van der Waals surface area contributed by atoms with Crippen molar-refractivity contribution in [3.05, 3.63) is 23.9 Å². The van der Waals surface area contributed by atoms with Gasteiger partial charge in [0.15, 0.2) is 0 Å². The Morgan fingerprint density at radius 1 is 1.19 bits per heavy atom. The highest BCUT2D eigenvalue weighted by Crippen LogP contribution is 2.21. The molecule has 1 aromatic heterocycles. The quantitative estimate of drug-likeness (QED) is 0.797. The summed E-state index contributed by atoms with van der Waals surface area (Å²) in [4.78, 5) is 4.27. The number of aromatic nitrogens is 1. The van der Waals surface area contributed by atoms with E-state index in [0.29, 0.717) is 12.6 Å². The summed E-state index contributed by atoms with van der Waals surface area (Å²) in [7, 11) is 0. The van der Waals surface area contributed by atoms with Crippen LogP contribution in [0.3, 0.4) is 0 Å². The van der Waals surface area contributed by atoms with Gasteiger partial charge in [0, 0.05) is 18.8 Å². The van der Waals surface area contributed by atoms with Crippen molar-refractivity contribution in [3.8, 4) is 5.88 Å². The van der Waals surface area contributed by atoms with Crippen LogP contribution in [0.25, 0.3) is 0 Å². The van der Waals surface area contributed by atoms with Gasteiger partial charge < -0.3 is 10.5 Å². The summed E-state index contributed by atoms with van der Waals surface area (Å²) in [5, 5.41) is 0. The van der Waals surface area contributed by atoms with Crippen molar-refractivity contribution in [1.29, 1.82) is 0 Å². The van der Waals surface area contributed by atoms with E-state index in [0.717, 1.165) is 11.4 Å². The summed E-state index contributed by atoms with van der Waals surface area (Å²) in [6.07, 6.45) is 9.75. The number of rotatable bonds is 3. The molecule has 0 spiro atoms. The number of hydrogen-bond acceptors (Lipinski definition) is 3. The van der Waals surface area contributed by atoms with Gasteiger partial charge in [0.1, 0.15) is 6.10 Å². The maximum absolute atomic E-state index is 5.88. The van der Waals surface area contributed by atoms with E-state index < -0.39 is 0 Å². The van der Waals surface area contributed by atoms with Gasteiger partial charge in [0.25, 0.3) is 0 Å². The number of nitrogens with zero attached hydrogens (tertiary/aromatic N) is 1. The fourth-order valence-corrected chi connectivity index (χ4v) is 2.13. The van der Waals surface area contributed by atoms with Crippen LogP contribution < -0.4 is 10.5 Å². The summed E-state index contributed by atoms with van der Waals surface area (Å²) in [5.41, 5.74) is 6.57. The predicted octanol–water partition coefficient (Wildman–Crippen LogP) is 2.64. The maximum Gasteiger partial charge on any atom is 0.213 e. The van der Waals surface area contributed by atoms with Crippen molar-refractivity contribution in [2.45, 2.75) is 51.2 Å². The van der Waals surface area contributed by atoms with Crippen LogP contribution in [-0.4, -0.2) is 11.1 Å². The fraction of sp³-hybridized carbons (Fsp3) is 0.615. The normalized spacial score (nSPS) is 18.1. The minimum atomic E-state index is 0.360. The Balaban J connectivity index is 1.91. The third kappa shape index (κ3) is 3.20. The van der Waals surface area contributed by atoms with Crippen LogP contribution in [0.2, 0.25) is 0 Å². The lowest BCUT2D eigenvalue weighted by atomic mass is 10.1. The van der Waals surface area contributed by atoms with Gasteiger partial charge >= 0.3 is 0 Å². The SMILES string of the molecule is NCc1ccc(OC2CCCCCC2)nc1. The van der Waals surface area contributed by atoms with Crippen LogP contribution in [0.4, 0.5) is 0 Å². The Morgan fingerprint density at radius 3 is 2.50 bits per heavy atom. The Bertz CT molecular complexity index is 302. The molecule has 0 aromatic carbocycles. The van der Waals surface area contributed by atoms with E-state index in [2.05, 4.69) is 4.98 Å². The van der Waals surface area contributed by atoms with Crippen LogP contribution in [0.15, 0.2) is 18.3 Å². The Kier molecular flexibility index (Phi) is 4.17. The van der Waals surface area contributed by atoms with Crippen LogP contribution in [0.1, 0.15) is 44.1 Å². The lowest BCUT2D eigenvalue weighted by molar-refractivity contribution is 0.176. The van der Waals surface area contributed by atoms with E-state index in [4.69, 9.17) is 10.5 Å². The molecular weight excluding hydrogens is 200 g/mol. The van der Waals surface area contributed by atoms with Gasteiger partial charge in [0.2, 0.25) is 5.88 Å². The highest BCUT2D eigenvalue weighted by Gasteiger charge is 2.13. The standard InChI is InChI=1S/C13H20N2O/c14-9-11-7-8-13(15-10-11)16-12-5-3-1-2-4-6-12/h7-8,10,12H,1-6,9,14H2. The van der Waals surface area contributed by atoms with Crippen LogP contribution in [0.5, 0.6) is 5.88 Å². The molecule has 0 atom stereocenters. The van der Waals surface area contributed by atoms with Gasteiger partial charge in [-0.3, -0.25) is 0 Å². The second-order valence-corrected chi connectivity index (χ2v) is 4.44. The lowest BCUT2D eigenvalue weighted by Crippen LogP contribution is -2.15. The average molecular weight is 220 g/mol. The molecule has 0 amide bonds. The topological polar surface area (TPSA) is 48.1 Å². The molecule has 88 valence electrons. The molecular formula is C13H20N2O. The number of pyridine rings is 1. The molecule has 2 rings (SSSR count). The molecule has 1 aromatic rings. The third-order valence-corrected chi connectivity index (χ3v) is 3.12. The van der Waals surface area contributed by atoms with Gasteiger partial charge in [0.05, 0.1) is 0 Å². The monoisotopic (exact) mass is 220 g/mol. The Hall–Kier alpha value is -1.09. The molecule has 0 aliphatic heterocycles. The van der Waals surface area contributed by atoms with Crippen molar-refractivity contribution in [2.75, 3.05) is 0 Å². The molecule has 0 saturated heterocycles. The van der Waals surface area contributed by atoms with Crippen molar-refractivity contribution in [1.82, 2.24) is 4.98 Å². The van der Waals surface area contributed by atoms with Crippen molar-refractivity contribution in [3.63, 3.8) is 0 Å². The second kappa shape index (κ2) is 5.85. The van der Waals surface area contributed by atoms with Crippen molar-refractivity contribution in [2.24, 2.45) is 5.73 Å². The van der Waals surface area contributed by atoms with Gasteiger partial charge in [-0.2, -0.15) is 0 Å². The van der Waals surface area contributed by atoms with E-state index >= 15 is 0 Å². The zero-order chi connectivity index (χ0) is 11.2. The summed E-state index contributed by atoms with van der Waals surface area (Å²) in [5.74, 6) is 0.740.